The molecule has 0 nitrogen and oxygen atoms in total. The Balaban J connectivity index is -0.00000128. The van der Waals surface area contributed by atoms with E-state index in [1.54, 1.807) is 21.7 Å². The van der Waals surface area contributed by atoms with Gasteiger partial charge in [0.1, 0.15) is 0 Å². The fourth-order valence-corrected chi connectivity index (χ4v) is 5.75. The van der Waals surface area contributed by atoms with Crippen molar-refractivity contribution in [3.05, 3.63) is 0 Å². The minimum atomic E-state index is 0. The molecule has 0 amide bonds. The van der Waals surface area contributed by atoms with E-state index in [9.17, 15) is 0 Å². The molecule has 0 fully saturated rings. The van der Waals surface area contributed by atoms with Gasteiger partial charge in [0.15, 0.2) is 0 Å². The van der Waals surface area contributed by atoms with Gasteiger partial charge in [-0.25, -0.2) is 0 Å². The molecule has 0 rings (SSSR count). The molecule has 0 spiro atoms. The van der Waals surface area contributed by atoms with E-state index in [4.69, 9.17) is 0 Å². The Morgan fingerprint density at radius 1 is 0.474 bits per heavy atom. The van der Waals surface area contributed by atoms with E-state index >= 15 is 0 Å². The van der Waals surface area contributed by atoms with Crippen molar-refractivity contribution < 1.29 is 9.41 Å². The third-order valence-corrected chi connectivity index (χ3v) is 7.45. The molecule has 3 heteroatoms. The largest absolute Gasteiger partial charge is 0.269 e. The van der Waals surface area contributed by atoms with Crippen LogP contribution in [0.3, 0.4) is 0 Å². The standard InChI is InChI=1S/2C8H17.2FH.Sn/c2*1-3-5-7-8-6-4-2;;;/h2*1,3-8H2,2H3;2*1H;. The predicted molar refractivity (Wildman–Crippen MR) is 87.1 cm³/mol. The van der Waals surface area contributed by atoms with Crippen LogP contribution >= 0.6 is 0 Å². The molecule has 0 atom stereocenters. The van der Waals surface area contributed by atoms with Crippen LogP contribution in [0.1, 0.15) is 90.9 Å². The van der Waals surface area contributed by atoms with E-state index < -0.39 is 0 Å². The Kier molecular flexibility index (Phi) is 30.8. The summed E-state index contributed by atoms with van der Waals surface area (Å²) in [5.74, 6) is 0. The fourth-order valence-electron chi connectivity index (χ4n) is 2.19. The van der Waals surface area contributed by atoms with Crippen LogP contribution in [0.2, 0.25) is 8.87 Å². The zero-order valence-electron chi connectivity index (χ0n) is 13.2. The van der Waals surface area contributed by atoms with Crippen molar-refractivity contribution in [1.29, 1.82) is 0 Å². The van der Waals surface area contributed by atoms with Gasteiger partial charge >= 0.3 is 121 Å². The van der Waals surface area contributed by atoms with Crippen LogP contribution in [-0.2, 0) is 0 Å². The molecule has 0 saturated carbocycles. The zero-order chi connectivity index (χ0) is 12.6. The third kappa shape index (κ3) is 24.1. The van der Waals surface area contributed by atoms with Gasteiger partial charge in [-0.2, -0.15) is 0 Å². The van der Waals surface area contributed by atoms with Crippen LogP contribution in [0.4, 0.5) is 9.41 Å². The van der Waals surface area contributed by atoms with Crippen molar-refractivity contribution in [1.82, 2.24) is 0 Å². The summed E-state index contributed by atoms with van der Waals surface area (Å²) in [5, 5.41) is 0. The van der Waals surface area contributed by atoms with E-state index in [0.717, 1.165) is 0 Å². The summed E-state index contributed by atoms with van der Waals surface area (Å²) in [6.45, 7) is 4.60. The molecule has 0 N–H and O–H groups in total. The molecule has 0 aliphatic carbocycles. The summed E-state index contributed by atoms with van der Waals surface area (Å²) < 4.78 is 3.31. The van der Waals surface area contributed by atoms with E-state index in [1.165, 1.54) is 64.2 Å². The van der Waals surface area contributed by atoms with E-state index in [1.807, 2.05) is 0 Å². The quantitative estimate of drug-likeness (QED) is 0.235. The molecule has 0 saturated heterocycles. The third-order valence-electron chi connectivity index (χ3n) is 3.41. The summed E-state index contributed by atoms with van der Waals surface area (Å²) in [5.41, 5.74) is 0. The molecule has 2 radical (unpaired) electrons. The second-order valence-electron chi connectivity index (χ2n) is 5.29. The van der Waals surface area contributed by atoms with Gasteiger partial charge in [0.2, 0.25) is 0 Å². The van der Waals surface area contributed by atoms with Crippen molar-refractivity contribution in [2.45, 2.75) is 99.8 Å². The molecule has 118 valence electrons. The van der Waals surface area contributed by atoms with Gasteiger partial charge in [0, 0.05) is 0 Å². The molecule has 0 bridgehead atoms. The molecule has 0 aromatic heterocycles. The first kappa shape index (κ1) is 24.7. The molecule has 0 heterocycles. The molecule has 0 aromatic carbocycles. The Hall–Kier alpha value is 0.659. The molecule has 19 heavy (non-hydrogen) atoms. The van der Waals surface area contributed by atoms with Crippen LogP contribution in [-0.4, -0.2) is 21.1 Å². The first-order valence-electron chi connectivity index (χ1n) is 8.12. The van der Waals surface area contributed by atoms with Crippen molar-refractivity contribution in [2.24, 2.45) is 0 Å². The molecular weight excluding hydrogens is 349 g/mol. The van der Waals surface area contributed by atoms with E-state index in [0.29, 0.717) is 0 Å². The minimum Gasteiger partial charge on any atom is -0.269 e. The number of unbranched alkanes of at least 4 members (excludes halogenated alkanes) is 10. The number of hydrogen-bond donors (Lipinski definition) is 0. The minimum absolute atomic E-state index is 0. The van der Waals surface area contributed by atoms with Crippen LogP contribution < -0.4 is 0 Å². The maximum absolute atomic E-state index is 2.30. The van der Waals surface area contributed by atoms with Gasteiger partial charge in [0.05, 0.1) is 0 Å². The summed E-state index contributed by atoms with van der Waals surface area (Å²) in [4.78, 5) is 0. The van der Waals surface area contributed by atoms with Gasteiger partial charge in [-0.05, 0) is 0 Å². The average molecular weight is 385 g/mol. The maximum Gasteiger partial charge on any atom is -0.269 e. The van der Waals surface area contributed by atoms with Crippen molar-refractivity contribution in [3.8, 4) is 0 Å². The average Bonchev–Trinajstić information content (AvgIpc) is 2.35. The molecular formula is C16H36F2Sn. The smallest absolute Gasteiger partial charge is 0.269 e. The fraction of sp³-hybridized carbons (Fsp3) is 1.00. The van der Waals surface area contributed by atoms with Crippen LogP contribution in [0.25, 0.3) is 0 Å². The normalized spacial score (nSPS) is 9.79. The Labute approximate surface area is 130 Å². The van der Waals surface area contributed by atoms with Gasteiger partial charge in [-0.3, -0.25) is 9.41 Å². The Bertz CT molecular complexity index is 118. The van der Waals surface area contributed by atoms with Crippen LogP contribution in [0, 0.1) is 0 Å². The van der Waals surface area contributed by atoms with Crippen molar-refractivity contribution in [3.63, 3.8) is 0 Å². The molecule has 0 aliphatic rings. The second kappa shape index (κ2) is 23.7. The zero-order valence-corrected chi connectivity index (χ0v) is 16.1. The summed E-state index contributed by atoms with van der Waals surface area (Å²) in [6, 6.07) is 0. The molecule has 0 aromatic rings. The van der Waals surface area contributed by atoms with Crippen molar-refractivity contribution in [2.75, 3.05) is 0 Å². The first-order chi connectivity index (χ1) is 8.41. The topological polar surface area (TPSA) is 0 Å². The van der Waals surface area contributed by atoms with E-state index in [-0.39, 0.29) is 30.6 Å². The van der Waals surface area contributed by atoms with Crippen LogP contribution in [0.5, 0.6) is 0 Å². The van der Waals surface area contributed by atoms with Gasteiger partial charge < -0.3 is 0 Å². The Morgan fingerprint density at radius 2 is 0.789 bits per heavy atom. The van der Waals surface area contributed by atoms with Crippen LogP contribution in [0.15, 0.2) is 0 Å². The Morgan fingerprint density at radius 3 is 1.16 bits per heavy atom. The van der Waals surface area contributed by atoms with Gasteiger partial charge in [0.25, 0.3) is 0 Å². The SMILES string of the molecule is CCCCCCC[CH2][Sn][CH2]CCCCCCC.F.F. The second-order valence-corrected chi connectivity index (χ2v) is 9.57. The monoisotopic (exact) mass is 386 g/mol. The predicted octanol–water partition coefficient (Wildman–Crippen LogP) is 6.55. The van der Waals surface area contributed by atoms with Gasteiger partial charge in [-0.1, -0.05) is 0 Å². The summed E-state index contributed by atoms with van der Waals surface area (Å²) in [7, 11) is 0. The number of rotatable bonds is 14. The van der Waals surface area contributed by atoms with E-state index in [2.05, 4.69) is 13.8 Å². The number of halogens is 2. The maximum atomic E-state index is 2.30. The molecule has 0 unspecified atom stereocenters. The van der Waals surface area contributed by atoms with Gasteiger partial charge in [-0.15, -0.1) is 0 Å². The number of hydrogen-bond acceptors (Lipinski definition) is 0. The summed E-state index contributed by atoms with van der Waals surface area (Å²) >= 11 is 0.0736. The molecule has 0 aliphatic heterocycles. The summed E-state index contributed by atoms with van der Waals surface area (Å²) in [6.07, 6.45) is 17.8. The van der Waals surface area contributed by atoms with Crippen molar-refractivity contribution >= 4 is 21.1 Å². The first-order valence-corrected chi connectivity index (χ1v) is 12.2.